The lowest BCUT2D eigenvalue weighted by Gasteiger charge is -2.33. The van der Waals surface area contributed by atoms with E-state index in [1.165, 1.54) is 12.1 Å². The second-order valence-electron chi connectivity index (χ2n) is 6.00. The van der Waals surface area contributed by atoms with E-state index in [1.807, 2.05) is 17.9 Å². The van der Waals surface area contributed by atoms with E-state index in [0.29, 0.717) is 29.9 Å². The highest BCUT2D eigenvalue weighted by molar-refractivity contribution is 6.32. The molecule has 2 aromatic carbocycles. The predicted molar refractivity (Wildman–Crippen MR) is 102 cm³/mol. The van der Waals surface area contributed by atoms with Crippen LogP contribution < -0.4 is 10.2 Å². The third-order valence-electron chi connectivity index (χ3n) is 4.20. The van der Waals surface area contributed by atoms with Gasteiger partial charge in [0.1, 0.15) is 24.0 Å². The fourth-order valence-electron chi connectivity index (χ4n) is 2.78. The Kier molecular flexibility index (Phi) is 7.71. The van der Waals surface area contributed by atoms with Gasteiger partial charge < -0.3 is 15.0 Å². The topological polar surface area (TPSA) is 56.1 Å². The minimum Gasteiger partial charge on any atom is -0.362 e. The normalized spacial score (nSPS) is 11.7. The lowest BCUT2D eigenvalue weighted by molar-refractivity contribution is -0.108. The molecule has 1 atom stereocenters. The van der Waals surface area contributed by atoms with E-state index in [4.69, 9.17) is 16.9 Å². The van der Waals surface area contributed by atoms with Crippen LogP contribution in [0.3, 0.4) is 0 Å². The van der Waals surface area contributed by atoms with Gasteiger partial charge in [-0.05, 0) is 30.8 Å². The minimum atomic E-state index is -0.659. The van der Waals surface area contributed by atoms with Crippen LogP contribution in [0.5, 0.6) is 0 Å². The predicted octanol–water partition coefficient (Wildman–Crippen LogP) is 4.06. The molecule has 0 aliphatic heterocycles. The Morgan fingerprint density at radius 1 is 1.30 bits per heavy atom. The Morgan fingerprint density at radius 3 is 2.67 bits per heavy atom. The lowest BCUT2D eigenvalue weighted by Crippen LogP contribution is -2.42. The van der Waals surface area contributed by atoms with Gasteiger partial charge in [-0.2, -0.15) is 5.26 Å². The highest BCUT2D eigenvalue weighted by atomic mass is 35.5. The van der Waals surface area contributed by atoms with Crippen molar-refractivity contribution in [3.63, 3.8) is 0 Å². The molecule has 0 saturated carbocycles. The Balaban J connectivity index is 2.44. The second-order valence-corrected chi connectivity index (χ2v) is 6.41. The van der Waals surface area contributed by atoms with Gasteiger partial charge >= 0.3 is 0 Å². The van der Waals surface area contributed by atoms with E-state index in [1.54, 1.807) is 18.2 Å². The number of hydrogen-bond donors (Lipinski definition) is 1. The number of nitriles is 1. The molecule has 2 rings (SSSR count). The SMILES string of the molecule is CCNC[C@H](CC=O)N(Cc1ccc(F)cc1F)c1ccc(C#N)c(Cl)c1. The number of nitrogens with one attached hydrogen (secondary N) is 1. The molecule has 1 N–H and O–H groups in total. The van der Waals surface area contributed by atoms with Crippen LogP contribution in [0.25, 0.3) is 0 Å². The summed E-state index contributed by atoms with van der Waals surface area (Å²) in [4.78, 5) is 13.0. The molecule has 7 heteroatoms. The molecular formula is C20H20ClF2N3O. The van der Waals surface area contributed by atoms with Gasteiger partial charge in [-0.15, -0.1) is 0 Å². The van der Waals surface area contributed by atoms with Gasteiger partial charge in [0.2, 0.25) is 0 Å². The molecule has 0 radical (unpaired) electrons. The molecule has 27 heavy (non-hydrogen) atoms. The molecule has 0 bridgehead atoms. The van der Waals surface area contributed by atoms with Crippen molar-refractivity contribution in [2.24, 2.45) is 0 Å². The molecule has 4 nitrogen and oxygen atoms in total. The number of carbonyl (C=O) groups is 1. The summed E-state index contributed by atoms with van der Waals surface area (Å²) in [6, 6.07) is 10.0. The Labute approximate surface area is 162 Å². The van der Waals surface area contributed by atoms with E-state index < -0.39 is 11.6 Å². The van der Waals surface area contributed by atoms with Crippen molar-refractivity contribution in [1.29, 1.82) is 5.26 Å². The third-order valence-corrected chi connectivity index (χ3v) is 4.51. The molecule has 0 saturated heterocycles. The Bertz CT molecular complexity index is 838. The zero-order valence-electron chi connectivity index (χ0n) is 14.9. The van der Waals surface area contributed by atoms with E-state index >= 15 is 0 Å². The first-order valence-electron chi connectivity index (χ1n) is 8.54. The number of rotatable bonds is 9. The lowest BCUT2D eigenvalue weighted by atomic mass is 10.1. The van der Waals surface area contributed by atoms with E-state index in [2.05, 4.69) is 5.32 Å². The number of benzene rings is 2. The molecule has 0 aliphatic carbocycles. The highest BCUT2D eigenvalue weighted by Crippen LogP contribution is 2.27. The summed E-state index contributed by atoms with van der Waals surface area (Å²) in [5.74, 6) is -1.31. The number of carbonyl (C=O) groups excluding carboxylic acids is 1. The van der Waals surface area contributed by atoms with Crippen molar-refractivity contribution in [1.82, 2.24) is 5.32 Å². The van der Waals surface area contributed by atoms with Crippen LogP contribution >= 0.6 is 11.6 Å². The van der Waals surface area contributed by atoms with Crippen LogP contribution in [0.15, 0.2) is 36.4 Å². The number of anilines is 1. The maximum atomic E-state index is 14.2. The van der Waals surface area contributed by atoms with Crippen molar-refractivity contribution >= 4 is 23.6 Å². The summed E-state index contributed by atoms with van der Waals surface area (Å²) in [6.07, 6.45) is 1.02. The first kappa shape index (κ1) is 20.8. The van der Waals surface area contributed by atoms with Crippen molar-refractivity contribution in [2.45, 2.75) is 25.9 Å². The smallest absolute Gasteiger partial charge is 0.131 e. The molecule has 0 spiro atoms. The summed E-state index contributed by atoms with van der Waals surface area (Å²) in [7, 11) is 0. The van der Waals surface area contributed by atoms with Crippen molar-refractivity contribution in [2.75, 3.05) is 18.0 Å². The largest absolute Gasteiger partial charge is 0.362 e. The van der Waals surface area contributed by atoms with Crippen molar-refractivity contribution < 1.29 is 13.6 Å². The minimum absolute atomic E-state index is 0.123. The van der Waals surface area contributed by atoms with Crippen LogP contribution in [-0.4, -0.2) is 25.4 Å². The number of likely N-dealkylation sites (N-methyl/N-ethyl adjacent to an activating group) is 1. The Morgan fingerprint density at radius 2 is 2.07 bits per heavy atom. The van der Waals surface area contributed by atoms with Crippen LogP contribution in [0, 0.1) is 23.0 Å². The maximum absolute atomic E-state index is 14.2. The van der Waals surface area contributed by atoms with E-state index in [0.717, 1.165) is 12.4 Å². The molecule has 0 heterocycles. The molecule has 0 aliphatic rings. The van der Waals surface area contributed by atoms with Crippen molar-refractivity contribution in [3.8, 4) is 6.07 Å². The van der Waals surface area contributed by atoms with Gasteiger partial charge in [-0.3, -0.25) is 0 Å². The Hall–Kier alpha value is -2.49. The standard InChI is InChI=1S/C20H20ClF2N3O/c1-2-25-12-18(7-8-27)26(13-15-3-5-16(22)9-20(15)23)17-6-4-14(11-24)19(21)10-17/h3-6,8-10,18,25H,2,7,12-13H2,1H3/t18-/m0/s1. The van der Waals surface area contributed by atoms with E-state index in [-0.39, 0.29) is 24.0 Å². The fourth-order valence-corrected chi connectivity index (χ4v) is 3.00. The van der Waals surface area contributed by atoms with Gasteiger partial charge in [-0.1, -0.05) is 24.6 Å². The average Bonchev–Trinajstić information content (AvgIpc) is 2.65. The first-order valence-corrected chi connectivity index (χ1v) is 8.92. The van der Waals surface area contributed by atoms with Gasteiger partial charge in [-0.25, -0.2) is 8.78 Å². The summed E-state index contributed by atoms with van der Waals surface area (Å²) >= 11 is 6.16. The van der Waals surface area contributed by atoms with E-state index in [9.17, 15) is 13.6 Å². The molecular weight excluding hydrogens is 372 g/mol. The quantitative estimate of drug-likeness (QED) is 0.655. The van der Waals surface area contributed by atoms with Crippen LogP contribution in [0.2, 0.25) is 5.02 Å². The fraction of sp³-hybridized carbons (Fsp3) is 0.300. The van der Waals surface area contributed by atoms with Gasteiger partial charge in [0.05, 0.1) is 10.6 Å². The summed E-state index contributed by atoms with van der Waals surface area (Å²) in [5.41, 5.74) is 1.27. The van der Waals surface area contributed by atoms with Crippen molar-refractivity contribution in [3.05, 3.63) is 64.2 Å². The molecule has 2 aromatic rings. The summed E-state index contributed by atoms with van der Waals surface area (Å²) < 4.78 is 27.4. The monoisotopic (exact) mass is 391 g/mol. The highest BCUT2D eigenvalue weighted by Gasteiger charge is 2.21. The average molecular weight is 392 g/mol. The maximum Gasteiger partial charge on any atom is 0.131 e. The molecule has 0 unspecified atom stereocenters. The van der Waals surface area contributed by atoms with Gasteiger partial charge in [0.15, 0.2) is 0 Å². The summed E-state index contributed by atoms with van der Waals surface area (Å²) in [5, 5.41) is 12.5. The first-order chi connectivity index (χ1) is 13.0. The van der Waals surface area contributed by atoms with Gasteiger partial charge in [0, 0.05) is 42.9 Å². The number of halogens is 3. The summed E-state index contributed by atoms with van der Waals surface area (Å²) in [6.45, 7) is 3.27. The zero-order valence-corrected chi connectivity index (χ0v) is 15.6. The van der Waals surface area contributed by atoms with Crippen LogP contribution in [0.4, 0.5) is 14.5 Å². The van der Waals surface area contributed by atoms with Crippen LogP contribution in [-0.2, 0) is 11.3 Å². The third kappa shape index (κ3) is 5.49. The number of nitrogens with zero attached hydrogens (tertiary/aromatic N) is 2. The van der Waals surface area contributed by atoms with Crippen LogP contribution in [0.1, 0.15) is 24.5 Å². The zero-order chi connectivity index (χ0) is 19.8. The number of aldehydes is 1. The molecule has 0 aromatic heterocycles. The second kappa shape index (κ2) is 10.0. The molecule has 142 valence electrons. The molecule has 0 fully saturated rings. The number of hydrogen-bond acceptors (Lipinski definition) is 4. The molecule has 0 amide bonds. The van der Waals surface area contributed by atoms with Gasteiger partial charge in [0.25, 0.3) is 0 Å².